The Kier molecular flexibility index (Phi) is 8.28. The number of rotatable bonds is 9. The highest BCUT2D eigenvalue weighted by Crippen LogP contribution is 2.21. The number of carbonyl (C=O) groups is 2. The molecule has 1 amide bonds. The summed E-state index contributed by atoms with van der Waals surface area (Å²) in [5, 5.41) is 12.1. The first kappa shape index (κ1) is 20.7. The van der Waals surface area contributed by atoms with Gasteiger partial charge in [-0.3, -0.25) is 4.79 Å². The Labute approximate surface area is 164 Å². The van der Waals surface area contributed by atoms with Crippen LogP contribution in [0.3, 0.4) is 0 Å². The van der Waals surface area contributed by atoms with E-state index in [1.807, 2.05) is 36.4 Å². The minimum absolute atomic E-state index is 0.0335. The lowest BCUT2D eigenvalue weighted by Crippen LogP contribution is -2.25. The van der Waals surface area contributed by atoms with Gasteiger partial charge in [-0.15, -0.1) is 0 Å². The molecule has 2 aromatic rings. The first-order chi connectivity index (χ1) is 13.6. The molecule has 28 heavy (non-hydrogen) atoms. The standard InChI is InChI=1S/C22H22N2O4/c1-27-21(25)16-28-20-12-6-5-11-18(20)14-19(15-23)22(26)24-13-7-10-17-8-3-2-4-9-17/h2-6,8-9,11-12,14H,7,10,13,16H2,1H3,(H,24,26)/b19-14-. The number of esters is 1. The summed E-state index contributed by atoms with van der Waals surface area (Å²) in [7, 11) is 1.27. The summed E-state index contributed by atoms with van der Waals surface area (Å²) in [6.07, 6.45) is 3.06. The van der Waals surface area contributed by atoms with E-state index in [1.54, 1.807) is 24.3 Å². The smallest absolute Gasteiger partial charge is 0.343 e. The number of nitrogens with zero attached hydrogens (tertiary/aromatic N) is 1. The predicted octanol–water partition coefficient (Wildman–Crippen LogP) is 2.89. The Bertz CT molecular complexity index is 870. The van der Waals surface area contributed by atoms with Crippen molar-refractivity contribution >= 4 is 18.0 Å². The number of amides is 1. The first-order valence-corrected chi connectivity index (χ1v) is 8.86. The van der Waals surface area contributed by atoms with E-state index in [0.717, 1.165) is 12.8 Å². The Morgan fingerprint density at radius 3 is 2.54 bits per heavy atom. The average molecular weight is 378 g/mol. The Balaban J connectivity index is 1.96. The number of benzene rings is 2. The van der Waals surface area contributed by atoms with Gasteiger partial charge >= 0.3 is 5.97 Å². The van der Waals surface area contributed by atoms with Crippen molar-refractivity contribution in [3.05, 3.63) is 71.3 Å². The minimum atomic E-state index is -0.518. The molecule has 0 saturated heterocycles. The molecule has 6 heteroatoms. The van der Waals surface area contributed by atoms with Gasteiger partial charge < -0.3 is 14.8 Å². The molecule has 0 radical (unpaired) electrons. The summed E-state index contributed by atoms with van der Waals surface area (Å²) in [6, 6.07) is 18.7. The molecule has 0 saturated carbocycles. The largest absolute Gasteiger partial charge is 0.481 e. The first-order valence-electron chi connectivity index (χ1n) is 8.86. The number of hydrogen-bond donors (Lipinski definition) is 1. The summed E-state index contributed by atoms with van der Waals surface area (Å²) < 4.78 is 9.95. The van der Waals surface area contributed by atoms with Crippen LogP contribution in [0.15, 0.2) is 60.2 Å². The van der Waals surface area contributed by atoms with Crippen molar-refractivity contribution in [3.63, 3.8) is 0 Å². The summed E-state index contributed by atoms with van der Waals surface area (Å²) in [4.78, 5) is 23.6. The van der Waals surface area contributed by atoms with Crippen LogP contribution in [-0.4, -0.2) is 32.1 Å². The van der Waals surface area contributed by atoms with Crippen LogP contribution in [0.1, 0.15) is 17.5 Å². The van der Waals surface area contributed by atoms with Gasteiger partial charge in [-0.2, -0.15) is 5.26 Å². The fourth-order valence-electron chi connectivity index (χ4n) is 2.47. The summed E-state index contributed by atoms with van der Waals surface area (Å²) in [6.45, 7) is 0.210. The quantitative estimate of drug-likeness (QED) is 0.314. The van der Waals surface area contributed by atoms with Crippen LogP contribution < -0.4 is 10.1 Å². The van der Waals surface area contributed by atoms with Gasteiger partial charge in [-0.25, -0.2) is 4.79 Å². The lowest BCUT2D eigenvalue weighted by atomic mass is 10.1. The van der Waals surface area contributed by atoms with Gasteiger partial charge in [-0.1, -0.05) is 48.5 Å². The number of aryl methyl sites for hydroxylation is 1. The molecule has 0 aliphatic carbocycles. The van der Waals surface area contributed by atoms with E-state index >= 15 is 0 Å². The van der Waals surface area contributed by atoms with Crippen LogP contribution in [0.4, 0.5) is 0 Å². The van der Waals surface area contributed by atoms with Crippen LogP contribution in [0.2, 0.25) is 0 Å². The molecule has 0 unspecified atom stereocenters. The van der Waals surface area contributed by atoms with Gasteiger partial charge in [0.1, 0.15) is 17.4 Å². The van der Waals surface area contributed by atoms with Gasteiger partial charge in [0.15, 0.2) is 6.61 Å². The summed E-state index contributed by atoms with van der Waals surface area (Å²) in [5.74, 6) is -0.577. The lowest BCUT2D eigenvalue weighted by Gasteiger charge is -2.09. The minimum Gasteiger partial charge on any atom is -0.481 e. The zero-order valence-electron chi connectivity index (χ0n) is 15.7. The molecule has 1 N–H and O–H groups in total. The molecule has 0 aliphatic rings. The number of nitrogens with one attached hydrogen (secondary N) is 1. The molecule has 144 valence electrons. The van der Waals surface area contributed by atoms with Gasteiger partial charge in [0, 0.05) is 12.1 Å². The number of methoxy groups -OCH3 is 1. The average Bonchev–Trinajstić information content (AvgIpc) is 2.74. The second kappa shape index (κ2) is 11.2. The van der Waals surface area contributed by atoms with E-state index in [2.05, 4.69) is 10.1 Å². The molecule has 6 nitrogen and oxygen atoms in total. The van der Waals surface area contributed by atoms with E-state index in [9.17, 15) is 14.9 Å². The Morgan fingerprint density at radius 2 is 1.82 bits per heavy atom. The topological polar surface area (TPSA) is 88.4 Å². The van der Waals surface area contributed by atoms with E-state index in [0.29, 0.717) is 17.9 Å². The number of nitriles is 1. The molecule has 0 atom stereocenters. The maximum absolute atomic E-state index is 12.3. The molecule has 0 bridgehead atoms. The van der Waals surface area contributed by atoms with Gasteiger partial charge in [0.25, 0.3) is 5.91 Å². The molecule has 0 fully saturated rings. The van der Waals surface area contributed by atoms with E-state index in [-0.39, 0.29) is 12.2 Å². The lowest BCUT2D eigenvalue weighted by molar-refractivity contribution is -0.142. The molecule has 0 spiro atoms. The van der Waals surface area contributed by atoms with Crippen molar-refractivity contribution < 1.29 is 19.1 Å². The van der Waals surface area contributed by atoms with Crippen molar-refractivity contribution in [2.24, 2.45) is 0 Å². The van der Waals surface area contributed by atoms with Crippen LogP contribution in [0.5, 0.6) is 5.75 Å². The van der Waals surface area contributed by atoms with Crippen LogP contribution in [0.25, 0.3) is 6.08 Å². The molecule has 0 aliphatic heterocycles. The second-order valence-electron chi connectivity index (χ2n) is 5.92. The Hall–Kier alpha value is -3.59. The zero-order chi connectivity index (χ0) is 20.2. The van der Waals surface area contributed by atoms with Crippen molar-refractivity contribution in [1.82, 2.24) is 5.32 Å². The molecular formula is C22H22N2O4. The fourth-order valence-corrected chi connectivity index (χ4v) is 2.47. The van der Waals surface area contributed by atoms with Gasteiger partial charge in [-0.05, 0) is 30.5 Å². The molecule has 0 aromatic heterocycles. The van der Waals surface area contributed by atoms with Gasteiger partial charge in [0.2, 0.25) is 0 Å². The van der Waals surface area contributed by atoms with E-state index in [4.69, 9.17) is 4.74 Å². The van der Waals surface area contributed by atoms with Crippen LogP contribution in [0, 0.1) is 11.3 Å². The number of para-hydroxylation sites is 1. The third-order valence-electron chi connectivity index (χ3n) is 3.93. The van der Waals surface area contributed by atoms with Crippen molar-refractivity contribution in [3.8, 4) is 11.8 Å². The highest BCUT2D eigenvalue weighted by Gasteiger charge is 2.11. The second-order valence-corrected chi connectivity index (χ2v) is 5.92. The number of hydrogen-bond acceptors (Lipinski definition) is 5. The summed E-state index contributed by atoms with van der Waals surface area (Å²) in [5.41, 5.74) is 1.70. The molecule has 0 heterocycles. The number of carbonyl (C=O) groups excluding carboxylic acids is 2. The van der Waals surface area contributed by atoms with E-state index in [1.165, 1.54) is 18.7 Å². The molecule has 2 aromatic carbocycles. The SMILES string of the molecule is COC(=O)COc1ccccc1/C=C(/C#N)C(=O)NCCCc1ccccc1. The molecule has 2 rings (SSSR count). The van der Waals surface area contributed by atoms with Crippen LogP contribution in [-0.2, 0) is 20.7 Å². The highest BCUT2D eigenvalue weighted by molar-refractivity contribution is 6.01. The third kappa shape index (κ3) is 6.61. The monoisotopic (exact) mass is 378 g/mol. The third-order valence-corrected chi connectivity index (χ3v) is 3.93. The normalized spacial score (nSPS) is 10.6. The fraction of sp³-hybridized carbons (Fsp3) is 0.227. The predicted molar refractivity (Wildman–Crippen MR) is 105 cm³/mol. The van der Waals surface area contributed by atoms with E-state index < -0.39 is 11.9 Å². The summed E-state index contributed by atoms with van der Waals surface area (Å²) >= 11 is 0. The molecular weight excluding hydrogens is 356 g/mol. The van der Waals surface area contributed by atoms with Gasteiger partial charge in [0.05, 0.1) is 7.11 Å². The number of ether oxygens (including phenoxy) is 2. The maximum Gasteiger partial charge on any atom is 0.343 e. The highest BCUT2D eigenvalue weighted by atomic mass is 16.6. The zero-order valence-corrected chi connectivity index (χ0v) is 15.7. The van der Waals surface area contributed by atoms with Crippen LogP contribution >= 0.6 is 0 Å². The van der Waals surface area contributed by atoms with Crippen molar-refractivity contribution in [1.29, 1.82) is 5.26 Å². The van der Waals surface area contributed by atoms with Crippen molar-refractivity contribution in [2.75, 3.05) is 20.3 Å². The van der Waals surface area contributed by atoms with Crippen molar-refractivity contribution in [2.45, 2.75) is 12.8 Å². The Morgan fingerprint density at radius 1 is 1.11 bits per heavy atom. The maximum atomic E-state index is 12.3.